The van der Waals surface area contributed by atoms with Crippen LogP contribution in [0.1, 0.15) is 98.9 Å². The largest absolute Gasteiger partial charge is 0.309 e. The van der Waals surface area contributed by atoms with Crippen LogP contribution in [0.15, 0.2) is 188 Å². The van der Waals surface area contributed by atoms with Crippen molar-refractivity contribution in [2.75, 3.05) is 4.90 Å². The van der Waals surface area contributed by atoms with Crippen molar-refractivity contribution in [1.82, 2.24) is 0 Å². The van der Waals surface area contributed by atoms with Crippen LogP contribution in [0.5, 0.6) is 0 Å². The van der Waals surface area contributed by atoms with Crippen LogP contribution >= 0.6 is 0 Å². The molecule has 0 atom stereocenters. The molecular formula is C64H53N. The lowest BCUT2D eigenvalue weighted by Crippen LogP contribution is -2.33. The first-order valence-corrected chi connectivity index (χ1v) is 23.6. The lowest BCUT2D eigenvalue weighted by molar-refractivity contribution is 0.332. The van der Waals surface area contributed by atoms with E-state index in [9.17, 15) is 0 Å². The van der Waals surface area contributed by atoms with Crippen LogP contribution in [-0.2, 0) is 21.7 Å². The molecule has 0 bridgehead atoms. The number of hydrogen-bond acceptors (Lipinski definition) is 1. The molecule has 0 aromatic heterocycles. The van der Waals surface area contributed by atoms with Crippen molar-refractivity contribution in [3.05, 3.63) is 233 Å². The Labute approximate surface area is 384 Å². The Morgan fingerprint density at radius 2 is 0.877 bits per heavy atom. The zero-order valence-electron chi connectivity index (χ0n) is 38.3. The van der Waals surface area contributed by atoms with Gasteiger partial charge in [-0.1, -0.05) is 199 Å². The van der Waals surface area contributed by atoms with E-state index >= 15 is 0 Å². The van der Waals surface area contributed by atoms with Gasteiger partial charge in [0.15, 0.2) is 0 Å². The molecule has 1 heteroatoms. The molecule has 4 aliphatic carbocycles. The summed E-state index contributed by atoms with van der Waals surface area (Å²) in [5.74, 6) is 0. The monoisotopic (exact) mass is 835 g/mol. The van der Waals surface area contributed by atoms with Gasteiger partial charge in [-0.25, -0.2) is 0 Å². The fourth-order valence-corrected chi connectivity index (χ4v) is 12.9. The number of benzene rings is 9. The van der Waals surface area contributed by atoms with E-state index in [0.717, 1.165) is 6.42 Å². The Hall–Kier alpha value is -6.96. The molecule has 0 N–H and O–H groups in total. The molecule has 0 aliphatic heterocycles. The Kier molecular flexibility index (Phi) is 7.88. The summed E-state index contributed by atoms with van der Waals surface area (Å²) in [5, 5.41) is 2.46. The van der Waals surface area contributed by atoms with Gasteiger partial charge in [0, 0.05) is 22.1 Å². The molecule has 314 valence electrons. The van der Waals surface area contributed by atoms with Crippen molar-refractivity contribution in [1.29, 1.82) is 0 Å². The van der Waals surface area contributed by atoms with Gasteiger partial charge >= 0.3 is 0 Å². The lowest BCUT2D eigenvalue weighted by atomic mass is 9.63. The highest BCUT2D eigenvalue weighted by Gasteiger charge is 2.52. The Balaban J connectivity index is 1.17. The summed E-state index contributed by atoms with van der Waals surface area (Å²) in [5.41, 5.74) is 24.6. The summed E-state index contributed by atoms with van der Waals surface area (Å²) < 4.78 is 0. The second kappa shape index (κ2) is 13.3. The summed E-state index contributed by atoms with van der Waals surface area (Å²) in [4.78, 5) is 2.62. The molecule has 0 fully saturated rings. The molecular weight excluding hydrogens is 783 g/mol. The first kappa shape index (κ1) is 38.5. The van der Waals surface area contributed by atoms with E-state index in [4.69, 9.17) is 0 Å². The molecule has 0 radical (unpaired) electrons. The minimum atomic E-state index is -0.486. The van der Waals surface area contributed by atoms with E-state index in [2.05, 4.69) is 234 Å². The number of nitrogens with zero attached hydrogens (tertiary/aromatic N) is 1. The highest BCUT2D eigenvalue weighted by Crippen LogP contribution is 2.65. The maximum atomic E-state index is 2.62. The van der Waals surface area contributed by atoms with Gasteiger partial charge in [-0.2, -0.15) is 0 Å². The van der Waals surface area contributed by atoms with E-state index in [1.807, 2.05) is 0 Å². The highest BCUT2D eigenvalue weighted by molar-refractivity contribution is 6.04. The van der Waals surface area contributed by atoms with Gasteiger partial charge in [-0.15, -0.1) is 0 Å². The predicted molar refractivity (Wildman–Crippen MR) is 273 cm³/mol. The first-order valence-electron chi connectivity index (χ1n) is 23.6. The number of rotatable bonds is 4. The third kappa shape index (κ3) is 5.16. The molecule has 1 nitrogen and oxygen atoms in total. The molecule has 0 amide bonds. The second-order valence-electron chi connectivity index (χ2n) is 21.1. The van der Waals surface area contributed by atoms with Gasteiger partial charge in [0.05, 0.1) is 16.8 Å². The van der Waals surface area contributed by atoms with Crippen molar-refractivity contribution in [3.8, 4) is 44.5 Å². The highest BCUT2D eigenvalue weighted by atomic mass is 15.1. The molecule has 0 saturated heterocycles. The second-order valence-corrected chi connectivity index (χ2v) is 21.1. The standard InChI is InChI=1S/C64H53N/c1-61(2)34-35-62(3,4)58-36-41(30-33-55(58)61)49-38-50-47-24-12-16-28-54(47)64(52-26-14-10-22-45(52)46-23-11-15-27-53(46)64)57(50)39-60(49)65(59-29-17-19-40-18-7-8-20-43(40)59)42-31-32-48-44-21-9-13-25-51(44)63(5,6)56(48)37-42/h7-33,36-39H,34-35H2,1-6H3. The van der Waals surface area contributed by atoms with E-state index in [1.165, 1.54) is 123 Å². The lowest BCUT2D eigenvalue weighted by Gasteiger charge is -2.42. The fourth-order valence-electron chi connectivity index (χ4n) is 12.9. The molecule has 9 aromatic carbocycles. The average molecular weight is 836 g/mol. The Morgan fingerprint density at radius 3 is 1.55 bits per heavy atom. The number of fused-ring (bicyclic) bond motifs is 15. The number of hydrogen-bond donors (Lipinski definition) is 0. The molecule has 9 aromatic rings. The van der Waals surface area contributed by atoms with Crippen LogP contribution < -0.4 is 4.90 Å². The quantitative estimate of drug-likeness (QED) is 0.171. The smallest absolute Gasteiger partial charge is 0.0726 e. The van der Waals surface area contributed by atoms with Gasteiger partial charge in [-0.05, 0) is 143 Å². The topological polar surface area (TPSA) is 3.24 Å². The Bertz CT molecular complexity index is 3430. The molecule has 0 saturated carbocycles. The summed E-state index contributed by atoms with van der Waals surface area (Å²) in [6.07, 6.45) is 2.35. The summed E-state index contributed by atoms with van der Waals surface area (Å²) >= 11 is 0. The van der Waals surface area contributed by atoms with Gasteiger partial charge in [-0.3, -0.25) is 0 Å². The Morgan fingerprint density at radius 1 is 0.338 bits per heavy atom. The molecule has 0 heterocycles. The average Bonchev–Trinajstić information content (AvgIpc) is 3.88. The van der Waals surface area contributed by atoms with E-state index < -0.39 is 5.41 Å². The third-order valence-electron chi connectivity index (χ3n) is 16.4. The zero-order valence-corrected chi connectivity index (χ0v) is 38.3. The summed E-state index contributed by atoms with van der Waals surface area (Å²) in [6, 6.07) is 72.4. The van der Waals surface area contributed by atoms with Crippen LogP contribution in [0.3, 0.4) is 0 Å². The van der Waals surface area contributed by atoms with Crippen molar-refractivity contribution in [3.63, 3.8) is 0 Å². The van der Waals surface area contributed by atoms with E-state index in [-0.39, 0.29) is 16.2 Å². The molecule has 65 heavy (non-hydrogen) atoms. The normalized spacial score (nSPS) is 16.8. The van der Waals surface area contributed by atoms with Crippen LogP contribution in [-0.4, -0.2) is 0 Å². The van der Waals surface area contributed by atoms with Crippen LogP contribution in [0, 0.1) is 0 Å². The van der Waals surface area contributed by atoms with Crippen LogP contribution in [0.4, 0.5) is 17.1 Å². The maximum absolute atomic E-state index is 2.62. The van der Waals surface area contributed by atoms with Gasteiger partial charge in [0.1, 0.15) is 0 Å². The van der Waals surface area contributed by atoms with Gasteiger partial charge in [0.2, 0.25) is 0 Å². The summed E-state index contributed by atoms with van der Waals surface area (Å²) in [6.45, 7) is 14.6. The third-order valence-corrected chi connectivity index (χ3v) is 16.4. The fraction of sp³-hybridized carbons (Fsp3) is 0.188. The molecule has 4 aliphatic rings. The first-order chi connectivity index (χ1) is 31.5. The van der Waals surface area contributed by atoms with Gasteiger partial charge in [0.25, 0.3) is 0 Å². The predicted octanol–water partition coefficient (Wildman–Crippen LogP) is 17.0. The van der Waals surface area contributed by atoms with Crippen LogP contribution in [0.2, 0.25) is 0 Å². The van der Waals surface area contributed by atoms with Crippen molar-refractivity contribution < 1.29 is 0 Å². The van der Waals surface area contributed by atoms with Gasteiger partial charge < -0.3 is 4.90 Å². The number of anilines is 3. The summed E-state index contributed by atoms with van der Waals surface area (Å²) in [7, 11) is 0. The molecule has 13 rings (SSSR count). The minimum absolute atomic E-state index is 0.0571. The zero-order chi connectivity index (χ0) is 44.0. The van der Waals surface area contributed by atoms with Crippen molar-refractivity contribution >= 4 is 27.8 Å². The molecule has 0 unspecified atom stereocenters. The SMILES string of the molecule is CC1(C)CCC(C)(C)c2cc(-c3cc4c(cc3N(c3ccc5c(c3)C(C)(C)c3ccccc3-5)c3cccc5ccccc35)C3(c5ccccc5-c5ccccc53)c3ccccc3-4)ccc21. The van der Waals surface area contributed by atoms with Crippen LogP contribution in [0.25, 0.3) is 55.3 Å². The minimum Gasteiger partial charge on any atom is -0.309 e. The van der Waals surface area contributed by atoms with E-state index in [0.29, 0.717) is 0 Å². The maximum Gasteiger partial charge on any atom is 0.0726 e. The van der Waals surface area contributed by atoms with Crippen molar-refractivity contribution in [2.45, 2.75) is 76.0 Å². The van der Waals surface area contributed by atoms with Crippen molar-refractivity contribution in [2.24, 2.45) is 0 Å². The molecule has 1 spiro atoms. The van der Waals surface area contributed by atoms with E-state index in [1.54, 1.807) is 0 Å².